The van der Waals surface area contributed by atoms with E-state index in [1.54, 1.807) is 11.3 Å². The molecule has 2 N–H and O–H groups in total. The standard InChI is InChI=1S/C18H24N2O2S/c1-3-20(12-17(21)15-8-6-14(2)7-9-15)13-18(22)19-11-16-5-4-10-23-16/h4-10,17,21H,3,11-13H2,1-2H3,(H,19,22). The van der Waals surface area contributed by atoms with E-state index in [1.165, 1.54) is 5.56 Å². The minimum Gasteiger partial charge on any atom is -0.387 e. The first-order chi connectivity index (χ1) is 11.1. The van der Waals surface area contributed by atoms with Crippen molar-refractivity contribution in [2.45, 2.75) is 26.5 Å². The van der Waals surface area contributed by atoms with Gasteiger partial charge in [0.05, 0.1) is 19.2 Å². The van der Waals surface area contributed by atoms with E-state index in [2.05, 4.69) is 5.32 Å². The second-order valence-electron chi connectivity index (χ2n) is 5.61. The Morgan fingerprint density at radius 2 is 2.04 bits per heavy atom. The fourth-order valence-electron chi connectivity index (χ4n) is 2.30. The van der Waals surface area contributed by atoms with Crippen LogP contribution in [0.5, 0.6) is 0 Å². The second-order valence-corrected chi connectivity index (χ2v) is 6.64. The number of aliphatic hydroxyl groups excluding tert-OH is 1. The van der Waals surface area contributed by atoms with Crippen molar-refractivity contribution < 1.29 is 9.90 Å². The first kappa shape index (κ1) is 17.7. The molecule has 1 aromatic heterocycles. The minimum atomic E-state index is -0.583. The van der Waals surface area contributed by atoms with E-state index in [9.17, 15) is 9.90 Å². The zero-order valence-electron chi connectivity index (χ0n) is 13.7. The first-order valence-electron chi connectivity index (χ1n) is 7.84. The lowest BCUT2D eigenvalue weighted by Crippen LogP contribution is -2.38. The predicted molar refractivity (Wildman–Crippen MR) is 94.4 cm³/mol. The zero-order chi connectivity index (χ0) is 16.7. The fourth-order valence-corrected chi connectivity index (χ4v) is 2.95. The molecule has 1 aromatic carbocycles. The van der Waals surface area contributed by atoms with Gasteiger partial charge in [-0.25, -0.2) is 0 Å². The molecule has 2 aromatic rings. The molecule has 1 atom stereocenters. The topological polar surface area (TPSA) is 52.6 Å². The van der Waals surface area contributed by atoms with Gasteiger partial charge >= 0.3 is 0 Å². The molecule has 124 valence electrons. The number of aryl methyl sites for hydroxylation is 1. The van der Waals surface area contributed by atoms with Crippen LogP contribution in [0.25, 0.3) is 0 Å². The lowest BCUT2D eigenvalue weighted by atomic mass is 10.1. The molecule has 0 bridgehead atoms. The average Bonchev–Trinajstić information content (AvgIpc) is 3.06. The van der Waals surface area contributed by atoms with Gasteiger partial charge in [0, 0.05) is 11.4 Å². The predicted octanol–water partition coefficient (Wildman–Crippen LogP) is 2.73. The summed E-state index contributed by atoms with van der Waals surface area (Å²) in [5, 5.41) is 15.3. The monoisotopic (exact) mass is 332 g/mol. The van der Waals surface area contributed by atoms with Gasteiger partial charge in [0.2, 0.25) is 5.91 Å². The number of thiophene rings is 1. The average molecular weight is 332 g/mol. The Balaban J connectivity index is 1.81. The van der Waals surface area contributed by atoms with Gasteiger partial charge in [-0.15, -0.1) is 11.3 Å². The molecule has 1 amide bonds. The highest BCUT2D eigenvalue weighted by atomic mass is 32.1. The van der Waals surface area contributed by atoms with E-state index in [0.717, 1.165) is 17.0 Å². The molecule has 0 saturated heterocycles. The maximum atomic E-state index is 12.0. The Labute approximate surface area is 141 Å². The summed E-state index contributed by atoms with van der Waals surface area (Å²) in [4.78, 5) is 15.1. The number of carbonyl (C=O) groups excluding carboxylic acids is 1. The molecule has 5 heteroatoms. The van der Waals surface area contributed by atoms with Crippen LogP contribution in [0.15, 0.2) is 41.8 Å². The van der Waals surface area contributed by atoms with E-state index in [4.69, 9.17) is 0 Å². The van der Waals surface area contributed by atoms with Crippen LogP contribution in [0.1, 0.15) is 29.0 Å². The van der Waals surface area contributed by atoms with Crippen LogP contribution in [0.3, 0.4) is 0 Å². The van der Waals surface area contributed by atoms with Crippen LogP contribution >= 0.6 is 11.3 Å². The molecule has 0 spiro atoms. The van der Waals surface area contributed by atoms with Gasteiger partial charge in [-0.1, -0.05) is 42.8 Å². The van der Waals surface area contributed by atoms with Crippen LogP contribution in [0.4, 0.5) is 0 Å². The molecule has 0 saturated carbocycles. The number of carbonyl (C=O) groups is 1. The van der Waals surface area contributed by atoms with Crippen molar-refractivity contribution in [3.05, 3.63) is 57.8 Å². The fraction of sp³-hybridized carbons (Fsp3) is 0.389. The Morgan fingerprint density at radius 1 is 1.30 bits per heavy atom. The van der Waals surface area contributed by atoms with Gasteiger partial charge < -0.3 is 10.4 Å². The first-order valence-corrected chi connectivity index (χ1v) is 8.72. The largest absolute Gasteiger partial charge is 0.387 e. The van der Waals surface area contributed by atoms with Gasteiger partial charge in [0.25, 0.3) is 0 Å². The van der Waals surface area contributed by atoms with E-state index in [0.29, 0.717) is 19.6 Å². The minimum absolute atomic E-state index is 0.0173. The van der Waals surface area contributed by atoms with Crippen LogP contribution in [-0.2, 0) is 11.3 Å². The lowest BCUT2D eigenvalue weighted by Gasteiger charge is -2.23. The van der Waals surface area contributed by atoms with Gasteiger partial charge in [-0.3, -0.25) is 9.69 Å². The van der Waals surface area contributed by atoms with Crippen LogP contribution < -0.4 is 5.32 Å². The molecule has 0 aliphatic rings. The Bertz CT molecular complexity index is 596. The molecule has 1 heterocycles. The molecule has 0 fully saturated rings. The lowest BCUT2D eigenvalue weighted by molar-refractivity contribution is -0.122. The SMILES string of the molecule is CCN(CC(=O)NCc1cccs1)CC(O)c1ccc(C)cc1. The third kappa shape index (κ3) is 5.78. The molecule has 23 heavy (non-hydrogen) atoms. The Kier molecular flexibility index (Phi) is 6.77. The molecule has 4 nitrogen and oxygen atoms in total. The van der Waals surface area contributed by atoms with Gasteiger partial charge in [-0.05, 0) is 30.5 Å². The van der Waals surface area contributed by atoms with Crippen LogP contribution in [-0.4, -0.2) is 35.5 Å². The van der Waals surface area contributed by atoms with Crippen molar-refractivity contribution in [3.8, 4) is 0 Å². The number of nitrogens with zero attached hydrogens (tertiary/aromatic N) is 1. The highest BCUT2D eigenvalue weighted by molar-refractivity contribution is 7.09. The molecule has 0 aliphatic heterocycles. The Morgan fingerprint density at radius 3 is 2.65 bits per heavy atom. The van der Waals surface area contributed by atoms with Crippen LogP contribution in [0, 0.1) is 6.92 Å². The Hall–Kier alpha value is -1.69. The third-order valence-corrected chi connectivity index (χ3v) is 4.62. The summed E-state index contributed by atoms with van der Waals surface area (Å²) in [6.07, 6.45) is -0.583. The van der Waals surface area contributed by atoms with Gasteiger partial charge in [0.15, 0.2) is 0 Å². The van der Waals surface area contributed by atoms with Crippen LogP contribution in [0.2, 0.25) is 0 Å². The number of hydrogen-bond acceptors (Lipinski definition) is 4. The summed E-state index contributed by atoms with van der Waals surface area (Å²) >= 11 is 1.63. The summed E-state index contributed by atoms with van der Waals surface area (Å²) in [7, 11) is 0. The maximum Gasteiger partial charge on any atom is 0.234 e. The third-order valence-electron chi connectivity index (χ3n) is 3.75. The second kappa shape index (κ2) is 8.82. The quantitative estimate of drug-likeness (QED) is 0.781. The summed E-state index contributed by atoms with van der Waals surface area (Å²) in [5.74, 6) is -0.0173. The molecule has 0 radical (unpaired) electrons. The number of likely N-dealkylation sites (N-methyl/N-ethyl adjacent to an activating group) is 1. The van der Waals surface area contributed by atoms with Crippen molar-refractivity contribution in [1.29, 1.82) is 0 Å². The van der Waals surface area contributed by atoms with E-state index < -0.39 is 6.10 Å². The summed E-state index contributed by atoms with van der Waals surface area (Å²) in [5.41, 5.74) is 2.05. The summed E-state index contributed by atoms with van der Waals surface area (Å²) in [6, 6.07) is 11.8. The summed E-state index contributed by atoms with van der Waals surface area (Å²) in [6.45, 7) is 6.04. The van der Waals surface area contributed by atoms with E-state index in [-0.39, 0.29) is 5.91 Å². The molecular weight excluding hydrogens is 308 g/mol. The summed E-state index contributed by atoms with van der Waals surface area (Å²) < 4.78 is 0. The number of hydrogen-bond donors (Lipinski definition) is 2. The van der Waals surface area contributed by atoms with Gasteiger partial charge in [-0.2, -0.15) is 0 Å². The normalized spacial score (nSPS) is 12.3. The van der Waals surface area contributed by atoms with Crippen molar-refractivity contribution in [2.24, 2.45) is 0 Å². The van der Waals surface area contributed by atoms with Gasteiger partial charge in [0.1, 0.15) is 0 Å². The highest BCUT2D eigenvalue weighted by Crippen LogP contribution is 2.15. The van der Waals surface area contributed by atoms with Crippen molar-refractivity contribution in [3.63, 3.8) is 0 Å². The highest BCUT2D eigenvalue weighted by Gasteiger charge is 2.15. The molecule has 2 rings (SSSR count). The van der Waals surface area contributed by atoms with E-state index in [1.807, 2.05) is 60.5 Å². The number of rotatable bonds is 8. The zero-order valence-corrected chi connectivity index (χ0v) is 14.5. The molecule has 1 unspecified atom stereocenters. The van der Waals surface area contributed by atoms with Crippen molar-refractivity contribution >= 4 is 17.2 Å². The van der Waals surface area contributed by atoms with Crippen molar-refractivity contribution in [1.82, 2.24) is 10.2 Å². The number of benzene rings is 1. The number of nitrogens with one attached hydrogen (secondary N) is 1. The number of aliphatic hydroxyl groups is 1. The molecule has 0 aliphatic carbocycles. The van der Waals surface area contributed by atoms with E-state index >= 15 is 0 Å². The molecular formula is C18H24N2O2S. The maximum absolute atomic E-state index is 12.0. The number of amides is 1. The van der Waals surface area contributed by atoms with Crippen molar-refractivity contribution in [2.75, 3.05) is 19.6 Å². The smallest absolute Gasteiger partial charge is 0.234 e.